The summed E-state index contributed by atoms with van der Waals surface area (Å²) in [6.07, 6.45) is 0.862. The Bertz CT molecular complexity index is 666. The van der Waals surface area contributed by atoms with Crippen LogP contribution >= 0.6 is 0 Å². The first kappa shape index (κ1) is 16.2. The van der Waals surface area contributed by atoms with Gasteiger partial charge in [0.1, 0.15) is 5.82 Å². The molecule has 0 aliphatic carbocycles. The number of hydrogen-bond acceptors (Lipinski definition) is 1. The van der Waals surface area contributed by atoms with E-state index in [1.165, 1.54) is 11.6 Å². The molecule has 0 aromatic heterocycles. The van der Waals surface area contributed by atoms with Gasteiger partial charge in [0, 0.05) is 0 Å². The zero-order chi connectivity index (χ0) is 16.1. The molecule has 0 heterocycles. The van der Waals surface area contributed by atoms with Crippen molar-refractivity contribution in [3.05, 3.63) is 70.5 Å². The highest BCUT2D eigenvalue weighted by Crippen LogP contribution is 2.22. The molecule has 2 nitrogen and oxygen atoms in total. The van der Waals surface area contributed by atoms with Gasteiger partial charge in [-0.15, -0.1) is 0 Å². The molecule has 1 amide bonds. The Morgan fingerprint density at radius 2 is 1.91 bits per heavy atom. The molecule has 1 N–H and O–H groups in total. The van der Waals surface area contributed by atoms with Crippen LogP contribution in [0.25, 0.3) is 0 Å². The molecule has 0 fully saturated rings. The van der Waals surface area contributed by atoms with E-state index in [2.05, 4.69) is 24.4 Å². The minimum atomic E-state index is -0.336. The first-order valence-electron chi connectivity index (χ1n) is 7.61. The highest BCUT2D eigenvalue weighted by Gasteiger charge is 2.16. The molecule has 1 unspecified atom stereocenters. The molecule has 2 rings (SSSR count). The van der Waals surface area contributed by atoms with Crippen molar-refractivity contribution in [2.75, 3.05) is 0 Å². The van der Waals surface area contributed by atoms with Crippen LogP contribution in [0.4, 0.5) is 4.39 Å². The van der Waals surface area contributed by atoms with Gasteiger partial charge in [0.2, 0.25) is 5.91 Å². The lowest BCUT2D eigenvalue weighted by molar-refractivity contribution is -0.121. The normalized spacial score (nSPS) is 12.0. The van der Waals surface area contributed by atoms with Crippen molar-refractivity contribution in [2.24, 2.45) is 0 Å². The summed E-state index contributed by atoms with van der Waals surface area (Å²) in [7, 11) is 0. The van der Waals surface area contributed by atoms with Gasteiger partial charge < -0.3 is 5.32 Å². The topological polar surface area (TPSA) is 29.1 Å². The van der Waals surface area contributed by atoms with Gasteiger partial charge in [0.25, 0.3) is 0 Å². The maximum Gasteiger partial charge on any atom is 0.225 e. The van der Waals surface area contributed by atoms with Crippen LogP contribution in [0.15, 0.2) is 42.5 Å². The minimum absolute atomic E-state index is 0.0418. The fraction of sp³-hybridized carbons (Fsp3) is 0.316. The Labute approximate surface area is 131 Å². The lowest BCUT2D eigenvalue weighted by Crippen LogP contribution is -2.30. The lowest BCUT2D eigenvalue weighted by atomic mass is 9.97. The quantitative estimate of drug-likeness (QED) is 0.878. The summed E-state index contributed by atoms with van der Waals surface area (Å²) in [6.45, 7) is 6.13. The number of benzene rings is 2. The Morgan fingerprint density at radius 1 is 1.18 bits per heavy atom. The minimum Gasteiger partial charge on any atom is -0.349 e. The number of carbonyl (C=O) groups is 1. The number of aryl methyl sites for hydroxylation is 2. The predicted molar refractivity (Wildman–Crippen MR) is 87.2 cm³/mol. The van der Waals surface area contributed by atoms with E-state index in [4.69, 9.17) is 0 Å². The number of rotatable bonds is 5. The molecule has 2 aromatic rings. The second-order valence-electron chi connectivity index (χ2n) is 5.66. The van der Waals surface area contributed by atoms with Crippen molar-refractivity contribution in [3.8, 4) is 0 Å². The van der Waals surface area contributed by atoms with Gasteiger partial charge in [-0.1, -0.05) is 48.9 Å². The van der Waals surface area contributed by atoms with E-state index < -0.39 is 0 Å². The van der Waals surface area contributed by atoms with E-state index in [0.717, 1.165) is 17.5 Å². The van der Waals surface area contributed by atoms with E-state index in [0.29, 0.717) is 5.56 Å². The first-order chi connectivity index (χ1) is 10.5. The van der Waals surface area contributed by atoms with Crippen LogP contribution in [0.3, 0.4) is 0 Å². The molecule has 0 aliphatic rings. The van der Waals surface area contributed by atoms with Crippen LogP contribution in [0, 0.1) is 19.7 Å². The highest BCUT2D eigenvalue weighted by molar-refractivity contribution is 5.79. The third-order valence-electron chi connectivity index (χ3n) is 3.85. The van der Waals surface area contributed by atoms with Crippen LogP contribution < -0.4 is 5.32 Å². The Balaban J connectivity index is 2.10. The average molecular weight is 299 g/mol. The van der Waals surface area contributed by atoms with Crippen molar-refractivity contribution in [2.45, 2.75) is 39.7 Å². The first-order valence-corrected chi connectivity index (χ1v) is 7.61. The smallest absolute Gasteiger partial charge is 0.225 e. The van der Waals surface area contributed by atoms with Crippen LogP contribution in [0.5, 0.6) is 0 Å². The van der Waals surface area contributed by atoms with E-state index in [1.54, 1.807) is 18.2 Å². The summed E-state index contributed by atoms with van der Waals surface area (Å²) < 4.78 is 13.6. The fourth-order valence-corrected chi connectivity index (χ4v) is 2.68. The third kappa shape index (κ3) is 3.94. The highest BCUT2D eigenvalue weighted by atomic mass is 19.1. The van der Waals surface area contributed by atoms with Gasteiger partial charge in [-0.2, -0.15) is 0 Å². The van der Waals surface area contributed by atoms with Crippen LogP contribution in [-0.2, 0) is 11.2 Å². The summed E-state index contributed by atoms with van der Waals surface area (Å²) in [5.41, 5.74) is 3.91. The van der Waals surface area contributed by atoms with E-state index in [9.17, 15) is 9.18 Å². The molecule has 0 bridgehead atoms. The SMILES string of the molecule is CCC(NC(=O)Cc1ccccc1F)c1ccc(C)cc1C. The number of hydrogen-bond donors (Lipinski definition) is 1. The van der Waals surface area contributed by atoms with E-state index in [-0.39, 0.29) is 24.2 Å². The molecule has 0 spiro atoms. The maximum atomic E-state index is 13.6. The molecule has 0 aliphatic heterocycles. The van der Waals surface area contributed by atoms with Gasteiger partial charge in [0.15, 0.2) is 0 Å². The number of carbonyl (C=O) groups excluding carboxylic acids is 1. The van der Waals surface area contributed by atoms with Crippen molar-refractivity contribution in [1.82, 2.24) is 5.32 Å². The molecule has 0 saturated heterocycles. The molecule has 2 aromatic carbocycles. The molecule has 1 atom stereocenters. The molecule has 116 valence electrons. The maximum absolute atomic E-state index is 13.6. The van der Waals surface area contributed by atoms with Gasteiger partial charge >= 0.3 is 0 Å². The summed E-state index contributed by atoms with van der Waals surface area (Å²) in [6, 6.07) is 12.6. The number of amides is 1. The number of halogens is 1. The second-order valence-corrected chi connectivity index (χ2v) is 5.66. The van der Waals surface area contributed by atoms with Gasteiger partial charge in [0.05, 0.1) is 12.5 Å². The van der Waals surface area contributed by atoms with E-state index >= 15 is 0 Å². The standard InChI is InChI=1S/C19H22FNO/c1-4-18(16-10-9-13(2)11-14(16)3)21-19(22)12-15-7-5-6-8-17(15)20/h5-11,18H,4,12H2,1-3H3,(H,21,22). The summed E-state index contributed by atoms with van der Waals surface area (Å²) in [5, 5.41) is 3.01. The van der Waals surface area contributed by atoms with Gasteiger partial charge in [-0.3, -0.25) is 4.79 Å². The van der Waals surface area contributed by atoms with Crippen molar-refractivity contribution in [3.63, 3.8) is 0 Å². The van der Waals surface area contributed by atoms with Crippen LogP contribution in [0.1, 0.15) is 41.6 Å². The monoisotopic (exact) mass is 299 g/mol. The van der Waals surface area contributed by atoms with Crippen molar-refractivity contribution < 1.29 is 9.18 Å². The Morgan fingerprint density at radius 3 is 2.55 bits per heavy atom. The Kier molecular flexibility index (Phi) is 5.31. The molecule has 22 heavy (non-hydrogen) atoms. The van der Waals surface area contributed by atoms with Crippen molar-refractivity contribution >= 4 is 5.91 Å². The average Bonchev–Trinajstić information content (AvgIpc) is 2.48. The second kappa shape index (κ2) is 7.21. The summed E-state index contributed by atoms with van der Waals surface area (Å²) >= 11 is 0. The number of nitrogens with one attached hydrogen (secondary N) is 1. The van der Waals surface area contributed by atoms with Gasteiger partial charge in [-0.05, 0) is 43.0 Å². The van der Waals surface area contributed by atoms with E-state index in [1.807, 2.05) is 19.9 Å². The summed E-state index contributed by atoms with van der Waals surface area (Å²) in [4.78, 5) is 12.2. The molecular weight excluding hydrogens is 277 g/mol. The molecule has 0 radical (unpaired) electrons. The molecular formula is C19H22FNO. The van der Waals surface area contributed by atoms with Crippen LogP contribution in [0.2, 0.25) is 0 Å². The zero-order valence-electron chi connectivity index (χ0n) is 13.3. The largest absolute Gasteiger partial charge is 0.349 e. The van der Waals surface area contributed by atoms with Crippen LogP contribution in [-0.4, -0.2) is 5.91 Å². The Hall–Kier alpha value is -2.16. The van der Waals surface area contributed by atoms with Crippen molar-refractivity contribution in [1.29, 1.82) is 0 Å². The molecule has 3 heteroatoms. The third-order valence-corrected chi connectivity index (χ3v) is 3.85. The zero-order valence-corrected chi connectivity index (χ0v) is 13.3. The summed E-state index contributed by atoms with van der Waals surface area (Å²) in [5.74, 6) is -0.492. The molecule has 0 saturated carbocycles. The lowest BCUT2D eigenvalue weighted by Gasteiger charge is -2.20. The predicted octanol–water partition coefficient (Wildman–Crippen LogP) is 4.25. The fourth-order valence-electron chi connectivity index (χ4n) is 2.68. The van der Waals surface area contributed by atoms with Gasteiger partial charge in [-0.25, -0.2) is 4.39 Å².